The van der Waals surface area contributed by atoms with Crippen LogP contribution in [0.2, 0.25) is 0 Å². The van der Waals surface area contributed by atoms with Gasteiger partial charge in [0.1, 0.15) is 5.82 Å². The molecule has 2 rings (SSSR count). The van der Waals surface area contributed by atoms with Crippen molar-refractivity contribution < 1.29 is 9.53 Å². The van der Waals surface area contributed by atoms with Gasteiger partial charge in [0.25, 0.3) is 0 Å². The van der Waals surface area contributed by atoms with Gasteiger partial charge in [-0.3, -0.25) is 9.78 Å². The van der Waals surface area contributed by atoms with Crippen molar-refractivity contribution in [2.24, 2.45) is 0 Å². The van der Waals surface area contributed by atoms with Crippen LogP contribution >= 0.6 is 0 Å². The van der Waals surface area contributed by atoms with E-state index in [1.54, 1.807) is 19.3 Å². The largest absolute Gasteiger partial charge is 0.466 e. The van der Waals surface area contributed by atoms with Gasteiger partial charge < -0.3 is 10.1 Å². The highest BCUT2D eigenvalue weighted by Crippen LogP contribution is 2.18. The zero-order valence-corrected chi connectivity index (χ0v) is 12.1. The number of ether oxygens (including phenoxy) is 1. The minimum absolute atomic E-state index is 0.158. The van der Waals surface area contributed by atoms with E-state index in [-0.39, 0.29) is 5.97 Å². The summed E-state index contributed by atoms with van der Waals surface area (Å²) in [6.45, 7) is 2.95. The van der Waals surface area contributed by atoms with E-state index in [2.05, 4.69) is 15.3 Å². The van der Waals surface area contributed by atoms with E-state index in [1.165, 1.54) is 0 Å². The molecule has 0 aliphatic heterocycles. The summed E-state index contributed by atoms with van der Waals surface area (Å²) < 4.78 is 5.00. The Kier molecular flexibility index (Phi) is 5.70. The highest BCUT2D eigenvalue weighted by atomic mass is 16.5. The molecule has 0 unspecified atom stereocenters. The van der Waals surface area contributed by atoms with Crippen LogP contribution in [-0.2, 0) is 9.53 Å². The Bertz CT molecular complexity index is 555. The summed E-state index contributed by atoms with van der Waals surface area (Å²) in [5, 5.41) is 3.20. The molecule has 21 heavy (non-hydrogen) atoms. The van der Waals surface area contributed by atoms with Crippen molar-refractivity contribution in [3.05, 3.63) is 42.9 Å². The Labute approximate surface area is 124 Å². The van der Waals surface area contributed by atoms with Crippen molar-refractivity contribution in [3.8, 4) is 11.1 Å². The van der Waals surface area contributed by atoms with E-state index >= 15 is 0 Å². The monoisotopic (exact) mass is 285 g/mol. The molecule has 2 heterocycles. The van der Waals surface area contributed by atoms with E-state index < -0.39 is 0 Å². The molecular weight excluding hydrogens is 266 g/mol. The van der Waals surface area contributed by atoms with Gasteiger partial charge in [-0.25, -0.2) is 4.98 Å². The van der Waals surface area contributed by atoms with Crippen LogP contribution in [0.25, 0.3) is 11.1 Å². The fourth-order valence-corrected chi connectivity index (χ4v) is 1.79. The molecule has 2 aromatic heterocycles. The highest BCUT2D eigenvalue weighted by molar-refractivity contribution is 5.68. The molecule has 0 amide bonds. The molecule has 0 radical (unpaired) electrons. The van der Waals surface area contributed by atoms with Crippen molar-refractivity contribution in [2.75, 3.05) is 18.5 Å². The van der Waals surface area contributed by atoms with Gasteiger partial charge in [0.05, 0.1) is 6.61 Å². The van der Waals surface area contributed by atoms with Gasteiger partial charge in [-0.2, -0.15) is 0 Å². The van der Waals surface area contributed by atoms with Gasteiger partial charge in [-0.1, -0.05) is 6.92 Å². The lowest BCUT2D eigenvalue weighted by molar-refractivity contribution is -0.143. The lowest BCUT2D eigenvalue weighted by Crippen LogP contribution is -2.09. The summed E-state index contributed by atoms with van der Waals surface area (Å²) in [6.07, 6.45) is 6.54. The van der Waals surface area contributed by atoms with Crippen molar-refractivity contribution in [1.29, 1.82) is 0 Å². The van der Waals surface area contributed by atoms with Gasteiger partial charge in [0.2, 0.25) is 0 Å². The SMILES string of the molecule is CCC(=O)OCCCNc1ccc(-c2ccncc2)cn1. The van der Waals surface area contributed by atoms with Gasteiger partial charge >= 0.3 is 5.97 Å². The topological polar surface area (TPSA) is 64.1 Å². The quantitative estimate of drug-likeness (QED) is 0.626. The van der Waals surface area contributed by atoms with E-state index in [1.807, 2.05) is 30.5 Å². The Balaban J connectivity index is 1.77. The predicted octanol–water partition coefficient (Wildman–Crippen LogP) is 2.90. The zero-order chi connectivity index (χ0) is 14.9. The third-order valence-corrected chi connectivity index (χ3v) is 2.96. The second kappa shape index (κ2) is 7.99. The number of aromatic nitrogens is 2. The summed E-state index contributed by atoms with van der Waals surface area (Å²) in [4.78, 5) is 19.3. The first-order chi connectivity index (χ1) is 10.3. The molecule has 0 saturated carbocycles. The van der Waals surface area contributed by atoms with Crippen LogP contribution in [0.5, 0.6) is 0 Å². The normalized spacial score (nSPS) is 10.1. The predicted molar refractivity (Wildman–Crippen MR) is 81.8 cm³/mol. The first-order valence-electron chi connectivity index (χ1n) is 7.05. The van der Waals surface area contributed by atoms with E-state index in [0.29, 0.717) is 13.0 Å². The van der Waals surface area contributed by atoms with Crippen molar-refractivity contribution >= 4 is 11.8 Å². The summed E-state index contributed by atoms with van der Waals surface area (Å²) in [5.41, 5.74) is 2.15. The molecule has 2 aromatic rings. The zero-order valence-electron chi connectivity index (χ0n) is 12.1. The Morgan fingerprint density at radius 3 is 2.67 bits per heavy atom. The van der Waals surface area contributed by atoms with Crippen LogP contribution in [0.1, 0.15) is 19.8 Å². The number of rotatable bonds is 7. The van der Waals surface area contributed by atoms with Crippen LogP contribution in [0.3, 0.4) is 0 Å². The summed E-state index contributed by atoms with van der Waals surface area (Å²) in [7, 11) is 0. The van der Waals surface area contributed by atoms with Crippen LogP contribution in [-0.4, -0.2) is 29.1 Å². The van der Waals surface area contributed by atoms with Crippen molar-refractivity contribution in [3.63, 3.8) is 0 Å². The van der Waals surface area contributed by atoms with Gasteiger partial charge in [0.15, 0.2) is 0 Å². The summed E-state index contributed by atoms with van der Waals surface area (Å²) >= 11 is 0. The molecule has 110 valence electrons. The Morgan fingerprint density at radius 1 is 1.19 bits per heavy atom. The van der Waals surface area contributed by atoms with Crippen LogP contribution in [0.4, 0.5) is 5.82 Å². The molecule has 0 saturated heterocycles. The number of esters is 1. The molecule has 0 atom stereocenters. The van der Waals surface area contributed by atoms with Gasteiger partial charge in [0, 0.05) is 37.1 Å². The lowest BCUT2D eigenvalue weighted by Gasteiger charge is -2.07. The molecule has 0 bridgehead atoms. The third-order valence-electron chi connectivity index (χ3n) is 2.96. The number of pyridine rings is 2. The number of carbonyl (C=O) groups excluding carboxylic acids is 1. The summed E-state index contributed by atoms with van der Waals surface area (Å²) in [6, 6.07) is 7.86. The fourth-order valence-electron chi connectivity index (χ4n) is 1.79. The molecule has 0 spiro atoms. The number of nitrogens with zero attached hydrogens (tertiary/aromatic N) is 2. The number of anilines is 1. The van der Waals surface area contributed by atoms with Crippen molar-refractivity contribution in [1.82, 2.24) is 9.97 Å². The molecule has 1 N–H and O–H groups in total. The number of hydrogen-bond donors (Lipinski definition) is 1. The van der Waals surface area contributed by atoms with Gasteiger partial charge in [-0.05, 0) is 36.2 Å². The first kappa shape index (κ1) is 15.0. The van der Waals surface area contributed by atoms with E-state index in [4.69, 9.17) is 4.74 Å². The van der Waals surface area contributed by atoms with E-state index in [0.717, 1.165) is 29.9 Å². The molecule has 0 aliphatic rings. The van der Waals surface area contributed by atoms with E-state index in [9.17, 15) is 4.79 Å². The average Bonchev–Trinajstić information content (AvgIpc) is 2.55. The molecular formula is C16H19N3O2. The first-order valence-corrected chi connectivity index (χ1v) is 7.05. The lowest BCUT2D eigenvalue weighted by atomic mass is 10.1. The Morgan fingerprint density at radius 2 is 2.00 bits per heavy atom. The minimum atomic E-state index is -0.158. The molecule has 5 nitrogen and oxygen atoms in total. The van der Waals surface area contributed by atoms with Crippen LogP contribution < -0.4 is 5.32 Å². The van der Waals surface area contributed by atoms with Gasteiger partial charge in [-0.15, -0.1) is 0 Å². The average molecular weight is 285 g/mol. The summed E-state index contributed by atoms with van der Waals surface area (Å²) in [5.74, 6) is 0.657. The Hall–Kier alpha value is -2.43. The second-order valence-electron chi connectivity index (χ2n) is 4.52. The van der Waals surface area contributed by atoms with Crippen molar-refractivity contribution in [2.45, 2.75) is 19.8 Å². The fraction of sp³-hybridized carbons (Fsp3) is 0.312. The standard InChI is InChI=1S/C16H19N3O2/c1-2-16(20)21-11-3-8-18-15-5-4-14(12-19-15)13-6-9-17-10-7-13/h4-7,9-10,12H,2-3,8,11H2,1H3,(H,18,19). The maximum Gasteiger partial charge on any atom is 0.305 e. The molecule has 0 fully saturated rings. The van der Waals surface area contributed by atoms with Crippen LogP contribution in [0.15, 0.2) is 42.9 Å². The smallest absolute Gasteiger partial charge is 0.305 e. The molecule has 0 aromatic carbocycles. The third kappa shape index (κ3) is 4.87. The second-order valence-corrected chi connectivity index (χ2v) is 4.52. The minimum Gasteiger partial charge on any atom is -0.466 e. The maximum absolute atomic E-state index is 11.0. The molecule has 5 heteroatoms. The number of nitrogens with one attached hydrogen (secondary N) is 1. The maximum atomic E-state index is 11.0. The molecule has 0 aliphatic carbocycles. The number of carbonyl (C=O) groups is 1. The number of hydrogen-bond acceptors (Lipinski definition) is 5. The highest BCUT2D eigenvalue weighted by Gasteiger charge is 2.00. The van der Waals surface area contributed by atoms with Crippen LogP contribution in [0, 0.1) is 0 Å².